The molecule has 1 heterocycles. The summed E-state index contributed by atoms with van der Waals surface area (Å²) >= 11 is 1.77. The molecule has 6 heteroatoms. The van der Waals surface area contributed by atoms with Gasteiger partial charge in [-0.15, -0.1) is 24.2 Å². The molecule has 1 fully saturated rings. The number of methoxy groups -OCH3 is 1. The molecular formula is C16H25ClN2O2S. The molecule has 1 saturated heterocycles. The molecule has 1 unspecified atom stereocenters. The van der Waals surface area contributed by atoms with Crippen LogP contribution in [0.5, 0.6) is 0 Å². The molecule has 1 atom stereocenters. The zero-order chi connectivity index (χ0) is 15.1. The Labute approximate surface area is 143 Å². The maximum Gasteiger partial charge on any atom is 0.252 e. The van der Waals surface area contributed by atoms with Gasteiger partial charge in [0.25, 0.3) is 5.91 Å². The minimum Gasteiger partial charge on any atom is -0.368 e. The van der Waals surface area contributed by atoms with Gasteiger partial charge in [-0.1, -0.05) is 25.1 Å². The lowest BCUT2D eigenvalue weighted by Gasteiger charge is -2.35. The summed E-state index contributed by atoms with van der Waals surface area (Å²) in [5, 5.41) is 6.64. The molecule has 1 aliphatic rings. The summed E-state index contributed by atoms with van der Waals surface area (Å²) < 4.78 is 5.53. The fourth-order valence-corrected chi connectivity index (χ4v) is 3.47. The van der Waals surface area contributed by atoms with Crippen molar-refractivity contribution in [1.82, 2.24) is 10.6 Å². The van der Waals surface area contributed by atoms with E-state index < -0.39 is 5.60 Å². The Balaban J connectivity index is 0.00000242. The molecule has 1 aromatic rings. The second kappa shape index (κ2) is 9.40. The van der Waals surface area contributed by atoms with Crippen LogP contribution in [0.15, 0.2) is 35.2 Å². The van der Waals surface area contributed by atoms with Gasteiger partial charge in [0.2, 0.25) is 0 Å². The lowest BCUT2D eigenvalue weighted by molar-refractivity contribution is -0.146. The standard InChI is InChI=1S/C16H24N2O2S.ClH/c1-13(21-14-6-4-3-5-7-14)12-18-15(19)16(20-2)8-10-17-11-9-16;/h3-7,13,17H,8-12H2,1-2H3,(H,18,19);1H. The lowest BCUT2D eigenvalue weighted by atomic mass is 9.91. The van der Waals surface area contributed by atoms with E-state index in [0.717, 1.165) is 25.9 Å². The second-order valence-electron chi connectivity index (χ2n) is 5.40. The molecule has 0 saturated carbocycles. The minimum atomic E-state index is -0.650. The topological polar surface area (TPSA) is 50.4 Å². The van der Waals surface area contributed by atoms with Gasteiger partial charge in [0.15, 0.2) is 0 Å². The first-order chi connectivity index (χ1) is 10.2. The number of nitrogens with one attached hydrogen (secondary N) is 2. The third-order valence-corrected chi connectivity index (χ3v) is 4.96. The van der Waals surface area contributed by atoms with Gasteiger partial charge in [0.05, 0.1) is 0 Å². The van der Waals surface area contributed by atoms with Gasteiger partial charge >= 0.3 is 0 Å². The van der Waals surface area contributed by atoms with E-state index in [0.29, 0.717) is 11.8 Å². The van der Waals surface area contributed by atoms with E-state index in [1.807, 2.05) is 18.2 Å². The van der Waals surface area contributed by atoms with E-state index >= 15 is 0 Å². The normalized spacial score (nSPS) is 18.1. The van der Waals surface area contributed by atoms with Crippen LogP contribution in [0.2, 0.25) is 0 Å². The van der Waals surface area contributed by atoms with Crippen LogP contribution in [0, 0.1) is 0 Å². The van der Waals surface area contributed by atoms with Crippen LogP contribution in [0.3, 0.4) is 0 Å². The van der Waals surface area contributed by atoms with Crippen molar-refractivity contribution in [3.63, 3.8) is 0 Å². The molecule has 4 nitrogen and oxygen atoms in total. The van der Waals surface area contributed by atoms with Gasteiger partial charge in [-0.2, -0.15) is 0 Å². The SMILES string of the molecule is COC1(C(=O)NCC(C)Sc2ccccc2)CCNCC1.Cl. The number of carbonyl (C=O) groups is 1. The zero-order valence-corrected chi connectivity index (χ0v) is 14.8. The van der Waals surface area contributed by atoms with E-state index in [9.17, 15) is 4.79 Å². The average Bonchev–Trinajstić information content (AvgIpc) is 2.54. The van der Waals surface area contributed by atoms with E-state index in [2.05, 4.69) is 29.7 Å². The summed E-state index contributed by atoms with van der Waals surface area (Å²) in [5.41, 5.74) is -0.650. The molecule has 0 radical (unpaired) electrons. The predicted octanol–water partition coefficient (Wildman–Crippen LogP) is 2.47. The fraction of sp³-hybridized carbons (Fsp3) is 0.562. The Bertz CT molecular complexity index is 453. The predicted molar refractivity (Wildman–Crippen MR) is 93.9 cm³/mol. The fourth-order valence-electron chi connectivity index (χ4n) is 2.53. The molecule has 1 aromatic carbocycles. The number of amides is 1. The van der Waals surface area contributed by atoms with Crippen molar-refractivity contribution in [3.05, 3.63) is 30.3 Å². The Morgan fingerprint density at radius 2 is 2.00 bits per heavy atom. The largest absolute Gasteiger partial charge is 0.368 e. The molecule has 2 rings (SSSR count). The molecule has 0 bridgehead atoms. The summed E-state index contributed by atoms with van der Waals surface area (Å²) in [7, 11) is 1.63. The van der Waals surface area contributed by atoms with Crippen molar-refractivity contribution in [2.75, 3.05) is 26.7 Å². The maximum absolute atomic E-state index is 12.4. The van der Waals surface area contributed by atoms with Crippen LogP contribution in [0.1, 0.15) is 19.8 Å². The summed E-state index contributed by atoms with van der Waals surface area (Å²) in [6, 6.07) is 10.2. The number of piperidine rings is 1. The monoisotopic (exact) mass is 344 g/mol. The summed E-state index contributed by atoms with van der Waals surface area (Å²) in [4.78, 5) is 13.7. The highest BCUT2D eigenvalue weighted by molar-refractivity contribution is 8.00. The number of benzene rings is 1. The van der Waals surface area contributed by atoms with Crippen LogP contribution >= 0.6 is 24.2 Å². The Kier molecular flexibility index (Phi) is 8.25. The van der Waals surface area contributed by atoms with Crippen molar-refractivity contribution in [3.8, 4) is 0 Å². The number of rotatable bonds is 6. The van der Waals surface area contributed by atoms with Crippen molar-refractivity contribution >= 4 is 30.1 Å². The van der Waals surface area contributed by atoms with Gasteiger partial charge in [-0.25, -0.2) is 0 Å². The van der Waals surface area contributed by atoms with Crippen LogP contribution in [-0.4, -0.2) is 43.5 Å². The number of carbonyl (C=O) groups excluding carboxylic acids is 1. The van der Waals surface area contributed by atoms with E-state index in [1.54, 1.807) is 18.9 Å². The van der Waals surface area contributed by atoms with Gasteiger partial charge in [0.1, 0.15) is 5.60 Å². The second-order valence-corrected chi connectivity index (χ2v) is 6.91. The number of hydrogen-bond donors (Lipinski definition) is 2. The highest BCUT2D eigenvalue weighted by Gasteiger charge is 2.39. The van der Waals surface area contributed by atoms with E-state index in [4.69, 9.17) is 4.74 Å². The molecular weight excluding hydrogens is 320 g/mol. The Morgan fingerprint density at radius 1 is 1.36 bits per heavy atom. The first kappa shape index (κ1) is 19.3. The van der Waals surface area contributed by atoms with Crippen LogP contribution in [0.25, 0.3) is 0 Å². The number of hydrogen-bond acceptors (Lipinski definition) is 4. The third kappa shape index (κ3) is 5.16. The molecule has 22 heavy (non-hydrogen) atoms. The number of halogens is 1. The third-order valence-electron chi connectivity index (χ3n) is 3.85. The summed E-state index contributed by atoms with van der Waals surface area (Å²) in [6.45, 7) is 4.43. The highest BCUT2D eigenvalue weighted by atomic mass is 35.5. The van der Waals surface area contributed by atoms with Gasteiger partial charge < -0.3 is 15.4 Å². The summed E-state index contributed by atoms with van der Waals surface area (Å²) in [6.07, 6.45) is 1.46. The average molecular weight is 345 g/mol. The number of thioether (sulfide) groups is 1. The maximum atomic E-state index is 12.4. The molecule has 2 N–H and O–H groups in total. The first-order valence-electron chi connectivity index (χ1n) is 7.42. The Hall–Kier alpha value is -0.750. The molecule has 0 aromatic heterocycles. The summed E-state index contributed by atoms with van der Waals surface area (Å²) in [5.74, 6) is 0.0204. The van der Waals surface area contributed by atoms with E-state index in [-0.39, 0.29) is 18.3 Å². The van der Waals surface area contributed by atoms with Crippen LogP contribution in [0.4, 0.5) is 0 Å². The van der Waals surface area contributed by atoms with E-state index in [1.165, 1.54) is 4.90 Å². The minimum absolute atomic E-state index is 0. The first-order valence-corrected chi connectivity index (χ1v) is 8.30. The van der Waals surface area contributed by atoms with Gasteiger partial charge in [-0.05, 0) is 38.1 Å². The van der Waals surface area contributed by atoms with Crippen molar-refractivity contribution in [2.24, 2.45) is 0 Å². The van der Waals surface area contributed by atoms with Crippen molar-refractivity contribution in [1.29, 1.82) is 0 Å². The smallest absolute Gasteiger partial charge is 0.252 e. The molecule has 1 amide bonds. The highest BCUT2D eigenvalue weighted by Crippen LogP contribution is 2.24. The lowest BCUT2D eigenvalue weighted by Crippen LogP contribution is -2.54. The van der Waals surface area contributed by atoms with Crippen LogP contribution < -0.4 is 10.6 Å². The van der Waals surface area contributed by atoms with Crippen molar-refractivity contribution in [2.45, 2.75) is 35.5 Å². The Morgan fingerprint density at radius 3 is 2.59 bits per heavy atom. The molecule has 0 spiro atoms. The van der Waals surface area contributed by atoms with Gasteiger partial charge in [-0.3, -0.25) is 4.79 Å². The van der Waals surface area contributed by atoms with Gasteiger partial charge in [0, 0.05) is 23.8 Å². The molecule has 1 aliphatic heterocycles. The van der Waals surface area contributed by atoms with Crippen LogP contribution in [-0.2, 0) is 9.53 Å². The number of ether oxygens (including phenoxy) is 1. The van der Waals surface area contributed by atoms with Crippen molar-refractivity contribution < 1.29 is 9.53 Å². The molecule has 124 valence electrons. The molecule has 0 aliphatic carbocycles. The quantitative estimate of drug-likeness (QED) is 0.778. The zero-order valence-electron chi connectivity index (χ0n) is 13.1.